The third kappa shape index (κ3) is 5.75. The van der Waals surface area contributed by atoms with Crippen molar-refractivity contribution in [1.29, 1.82) is 5.41 Å². The number of halogens is 2. The second kappa shape index (κ2) is 10.1. The molecule has 0 saturated heterocycles. The minimum Gasteiger partial charge on any atom is -0.497 e. The largest absolute Gasteiger partial charge is 0.497 e. The highest BCUT2D eigenvalue weighted by molar-refractivity contribution is 6.24. The van der Waals surface area contributed by atoms with Crippen molar-refractivity contribution in [3.8, 4) is 5.75 Å². The van der Waals surface area contributed by atoms with E-state index in [1.54, 1.807) is 0 Å². The highest BCUT2D eigenvalue weighted by Crippen LogP contribution is 2.32. The first-order valence-corrected chi connectivity index (χ1v) is 9.84. The highest BCUT2D eigenvalue weighted by Gasteiger charge is 2.31. The molecule has 32 heavy (non-hydrogen) atoms. The van der Waals surface area contributed by atoms with Gasteiger partial charge in [-0.15, -0.1) is 0 Å². The van der Waals surface area contributed by atoms with Gasteiger partial charge in [0.1, 0.15) is 5.75 Å². The molecule has 1 unspecified atom stereocenters. The minimum atomic E-state index is -3.06. The van der Waals surface area contributed by atoms with Gasteiger partial charge in [0.05, 0.1) is 12.8 Å². The maximum Gasteiger partial charge on any atom is 0.273 e. The molecule has 3 N–H and O–H groups in total. The number of anilines is 2. The summed E-state index contributed by atoms with van der Waals surface area (Å²) in [6.07, 6.45) is -0.407. The van der Waals surface area contributed by atoms with Crippen LogP contribution in [0, 0.1) is 11.3 Å². The normalized spacial score (nSPS) is 11.9. The molecule has 2 rings (SSSR count). The fraction of sp³-hybridized carbons (Fsp3) is 0.304. The number of rotatable bonds is 9. The molecule has 7 nitrogen and oxygen atoms in total. The zero-order chi connectivity index (χ0) is 24.1. The first-order valence-electron chi connectivity index (χ1n) is 9.84. The lowest BCUT2D eigenvalue weighted by atomic mass is 10.0. The zero-order valence-corrected chi connectivity index (χ0v) is 18.2. The summed E-state index contributed by atoms with van der Waals surface area (Å²) in [5.41, 5.74) is -0.114. The van der Waals surface area contributed by atoms with E-state index in [0.29, 0.717) is 5.75 Å². The molecule has 0 heterocycles. The Kier molecular flexibility index (Phi) is 7.80. The SMILES string of the molecule is CCC(F)(F)c1cccc(NC(=O)C(C(C)=N)C(=O)Nc2ccc(OC)cc2C(C)=O)c1.[HH]. The van der Waals surface area contributed by atoms with Crippen molar-refractivity contribution in [2.45, 2.75) is 33.1 Å². The summed E-state index contributed by atoms with van der Waals surface area (Å²) in [7, 11) is 1.43. The second-order valence-electron chi connectivity index (χ2n) is 7.20. The third-order valence-electron chi connectivity index (χ3n) is 4.82. The first kappa shape index (κ1) is 24.6. The van der Waals surface area contributed by atoms with E-state index in [1.807, 2.05) is 0 Å². The lowest BCUT2D eigenvalue weighted by molar-refractivity contribution is -0.126. The number of carbonyl (C=O) groups excluding carboxylic acids is 3. The van der Waals surface area contributed by atoms with Crippen molar-refractivity contribution < 1.29 is 29.3 Å². The molecule has 0 bridgehead atoms. The average molecular weight is 447 g/mol. The molecular weight excluding hydrogens is 420 g/mol. The molecule has 2 aromatic carbocycles. The number of hydrogen-bond donors (Lipinski definition) is 3. The van der Waals surface area contributed by atoms with Crippen LogP contribution in [-0.4, -0.2) is 30.4 Å². The van der Waals surface area contributed by atoms with Crippen LogP contribution in [0.15, 0.2) is 42.5 Å². The molecule has 0 fully saturated rings. The van der Waals surface area contributed by atoms with Crippen LogP contribution in [0.5, 0.6) is 5.75 Å². The van der Waals surface area contributed by atoms with Gasteiger partial charge < -0.3 is 20.8 Å². The Morgan fingerprint density at radius 2 is 1.75 bits per heavy atom. The maximum atomic E-state index is 14.0. The van der Waals surface area contributed by atoms with E-state index >= 15 is 0 Å². The van der Waals surface area contributed by atoms with Crippen LogP contribution in [-0.2, 0) is 15.5 Å². The van der Waals surface area contributed by atoms with Crippen LogP contribution < -0.4 is 15.4 Å². The van der Waals surface area contributed by atoms with Gasteiger partial charge in [0.2, 0.25) is 11.8 Å². The standard InChI is InChI=1S/C23H25F2N3O4.H2/c1-5-23(24,25)15-7-6-8-16(11-15)27-21(30)20(13(2)26)22(31)28-19-10-9-17(32-4)12-18(19)14(3)29;/h6-12,20,26H,5H2,1-4H3,(H,27,30)(H,28,31);1H. The maximum absolute atomic E-state index is 14.0. The number of Topliss-reactive ketones (excluding diaryl/α,β-unsaturated/α-hetero) is 1. The quantitative estimate of drug-likeness (QED) is 0.289. The van der Waals surface area contributed by atoms with Crippen LogP contribution in [0.25, 0.3) is 0 Å². The van der Waals surface area contributed by atoms with Gasteiger partial charge in [-0.05, 0) is 44.2 Å². The molecule has 0 aliphatic heterocycles. The molecule has 0 aliphatic carbocycles. The van der Waals surface area contributed by atoms with E-state index in [4.69, 9.17) is 10.1 Å². The molecule has 0 aromatic heterocycles. The minimum absolute atomic E-state index is 0. The van der Waals surface area contributed by atoms with Crippen LogP contribution in [0.1, 0.15) is 44.5 Å². The van der Waals surface area contributed by atoms with Crippen molar-refractivity contribution in [2.24, 2.45) is 5.92 Å². The van der Waals surface area contributed by atoms with Gasteiger partial charge in [0.15, 0.2) is 11.7 Å². The number of hydrogen-bond acceptors (Lipinski definition) is 5. The van der Waals surface area contributed by atoms with Crippen molar-refractivity contribution in [2.75, 3.05) is 17.7 Å². The fourth-order valence-electron chi connectivity index (χ4n) is 3.01. The van der Waals surface area contributed by atoms with Gasteiger partial charge >= 0.3 is 0 Å². The molecule has 172 valence electrons. The average Bonchev–Trinajstić information content (AvgIpc) is 2.73. The summed E-state index contributed by atoms with van der Waals surface area (Å²) >= 11 is 0. The van der Waals surface area contributed by atoms with Crippen molar-refractivity contribution >= 4 is 34.7 Å². The molecule has 0 aliphatic rings. The Labute approximate surface area is 186 Å². The van der Waals surface area contributed by atoms with Gasteiger partial charge in [0, 0.05) is 30.4 Å². The van der Waals surface area contributed by atoms with E-state index in [9.17, 15) is 23.2 Å². The van der Waals surface area contributed by atoms with E-state index in [1.165, 1.54) is 64.3 Å². The summed E-state index contributed by atoms with van der Waals surface area (Å²) in [4.78, 5) is 37.5. The number of ether oxygens (including phenoxy) is 1. The molecule has 0 radical (unpaired) electrons. The van der Waals surface area contributed by atoms with Gasteiger partial charge in [0.25, 0.3) is 5.92 Å². The molecule has 9 heteroatoms. The Morgan fingerprint density at radius 3 is 2.31 bits per heavy atom. The predicted octanol–water partition coefficient (Wildman–Crippen LogP) is 4.88. The van der Waals surface area contributed by atoms with Gasteiger partial charge in [-0.1, -0.05) is 19.1 Å². The van der Waals surface area contributed by atoms with Crippen LogP contribution in [0.4, 0.5) is 20.2 Å². The van der Waals surface area contributed by atoms with E-state index < -0.39 is 30.1 Å². The Hall–Kier alpha value is -3.62. The monoisotopic (exact) mass is 447 g/mol. The summed E-state index contributed by atoms with van der Waals surface area (Å²) in [5, 5.41) is 12.8. The Bertz CT molecular complexity index is 1060. The number of carbonyl (C=O) groups is 3. The molecule has 0 saturated carbocycles. The molecule has 2 aromatic rings. The zero-order valence-electron chi connectivity index (χ0n) is 18.2. The summed E-state index contributed by atoms with van der Waals surface area (Å²) in [6.45, 7) is 3.94. The highest BCUT2D eigenvalue weighted by atomic mass is 19.3. The lowest BCUT2D eigenvalue weighted by Crippen LogP contribution is -2.38. The number of amides is 2. The smallest absolute Gasteiger partial charge is 0.273 e. The van der Waals surface area contributed by atoms with E-state index in [0.717, 1.165) is 6.07 Å². The van der Waals surface area contributed by atoms with Gasteiger partial charge in [-0.25, -0.2) is 8.78 Å². The predicted molar refractivity (Wildman–Crippen MR) is 120 cm³/mol. The number of alkyl halides is 2. The van der Waals surface area contributed by atoms with Gasteiger partial charge in [-0.2, -0.15) is 0 Å². The summed E-state index contributed by atoms with van der Waals surface area (Å²) in [5.74, 6) is -6.21. The van der Waals surface area contributed by atoms with Crippen LogP contribution in [0.3, 0.4) is 0 Å². The molecule has 0 spiro atoms. The van der Waals surface area contributed by atoms with Crippen molar-refractivity contribution in [3.05, 3.63) is 53.6 Å². The Morgan fingerprint density at radius 1 is 1.09 bits per heavy atom. The summed E-state index contributed by atoms with van der Waals surface area (Å²) < 4.78 is 33.0. The second-order valence-corrected chi connectivity index (χ2v) is 7.20. The van der Waals surface area contributed by atoms with Crippen molar-refractivity contribution in [1.82, 2.24) is 0 Å². The van der Waals surface area contributed by atoms with E-state index in [-0.39, 0.29) is 35.4 Å². The van der Waals surface area contributed by atoms with Crippen molar-refractivity contribution in [3.63, 3.8) is 0 Å². The van der Waals surface area contributed by atoms with E-state index in [2.05, 4.69) is 10.6 Å². The molecule has 1 atom stereocenters. The van der Waals surface area contributed by atoms with Crippen LogP contribution >= 0.6 is 0 Å². The number of methoxy groups -OCH3 is 1. The number of ketones is 1. The number of nitrogens with one attached hydrogen (secondary N) is 3. The fourth-order valence-corrected chi connectivity index (χ4v) is 3.01. The van der Waals surface area contributed by atoms with Gasteiger partial charge in [-0.3, -0.25) is 14.4 Å². The Balaban J connectivity index is 0.00000544. The topological polar surface area (TPSA) is 108 Å². The van der Waals surface area contributed by atoms with Crippen LogP contribution in [0.2, 0.25) is 0 Å². The third-order valence-corrected chi connectivity index (χ3v) is 4.82. The first-order chi connectivity index (χ1) is 15.0. The molecular formula is C23H27F2N3O4. The summed E-state index contributed by atoms with van der Waals surface area (Å²) in [6, 6.07) is 9.61. The molecule has 2 amide bonds. The lowest BCUT2D eigenvalue weighted by Gasteiger charge is -2.19. The number of benzene rings is 2.